The lowest BCUT2D eigenvalue weighted by molar-refractivity contribution is -0.512. The number of carbonyl (C=O) groups is 10. The smallest absolute Gasteiger partial charge is 0.408 e. The van der Waals surface area contributed by atoms with E-state index in [2.05, 4.69) is 94.3 Å². The van der Waals surface area contributed by atoms with E-state index in [1.807, 2.05) is 83.1 Å². The Morgan fingerprint density at radius 1 is 0.504 bits per heavy atom. The summed E-state index contributed by atoms with van der Waals surface area (Å²) in [6, 6.07) is -4.29. The number of aliphatic carboxylic acids is 1. The van der Waals surface area contributed by atoms with Crippen molar-refractivity contribution in [1.29, 1.82) is 0 Å². The average Bonchev–Trinajstić information content (AvgIpc) is 1.79. The first-order valence-electron chi connectivity index (χ1n) is 42.4. The van der Waals surface area contributed by atoms with Crippen molar-refractivity contribution in [3.63, 3.8) is 0 Å². The van der Waals surface area contributed by atoms with Crippen LogP contribution in [0.1, 0.15) is 306 Å². The number of sulfonamides is 1. The van der Waals surface area contributed by atoms with Crippen LogP contribution in [0.3, 0.4) is 0 Å². The molecule has 1 heterocycles. The van der Waals surface area contributed by atoms with Gasteiger partial charge in [0, 0.05) is 36.3 Å². The Balaban J connectivity index is -0.000000163. The number of amides is 3. The average molecular weight is 1730 g/mol. The minimum absolute atomic E-state index is 0.0415. The van der Waals surface area contributed by atoms with Crippen molar-refractivity contribution < 1.29 is 99.9 Å². The van der Waals surface area contributed by atoms with E-state index >= 15 is 0 Å². The highest BCUT2D eigenvalue weighted by atomic mass is 32.2. The molecular formula is C86H176N10O22S. The first-order valence-corrected chi connectivity index (χ1v) is 44.2. The van der Waals surface area contributed by atoms with Gasteiger partial charge in [-0.05, 0) is 206 Å². The molecule has 1 rings (SSSR count). The Kier molecular flexibility index (Phi) is 81.4. The number of Topliss-reactive ketones (excluding diaryl/α,β-unsaturated/α-hetero) is 3. The number of aliphatic hydroxyl groups is 1. The van der Waals surface area contributed by atoms with E-state index in [4.69, 9.17) is 62.6 Å². The maximum absolute atomic E-state index is 11.7. The number of aliphatic hydroxyl groups excluding tert-OH is 1. The number of rotatable bonds is 39. The lowest BCUT2D eigenvalue weighted by atomic mass is 9.96. The number of allylic oxidation sites excluding steroid dienone is 1. The molecule has 0 aliphatic carbocycles. The molecule has 1 aliphatic heterocycles. The van der Waals surface area contributed by atoms with E-state index < -0.39 is 92.5 Å². The van der Waals surface area contributed by atoms with Gasteiger partial charge in [-0.25, -0.2) is 37.1 Å². The molecule has 0 spiro atoms. The molecule has 33 heteroatoms. The van der Waals surface area contributed by atoms with Crippen molar-refractivity contribution in [1.82, 2.24) is 20.7 Å². The van der Waals surface area contributed by atoms with Crippen LogP contribution in [0.25, 0.3) is 0 Å². The first kappa shape index (κ1) is 131. The summed E-state index contributed by atoms with van der Waals surface area (Å²) in [5, 5.41) is 35.2. The minimum Gasteiger partial charge on any atom is -0.498 e. The van der Waals surface area contributed by atoms with Gasteiger partial charge in [-0.3, -0.25) is 34.1 Å². The lowest BCUT2D eigenvalue weighted by Crippen LogP contribution is -2.44. The maximum atomic E-state index is 11.7. The number of ether oxygens (including phenoxy) is 6. The number of alkyl carbamates (subject to hydrolysis) is 2. The molecule has 0 aromatic rings. The molecule has 0 aromatic carbocycles. The monoisotopic (exact) mass is 1730 g/mol. The van der Waals surface area contributed by atoms with Crippen LogP contribution >= 0.6 is 0 Å². The number of nitrogens with zero attached hydrogens (tertiary/aromatic N) is 1. The van der Waals surface area contributed by atoms with Crippen molar-refractivity contribution in [2.24, 2.45) is 93.8 Å². The highest BCUT2D eigenvalue weighted by Gasteiger charge is 2.32. The summed E-state index contributed by atoms with van der Waals surface area (Å²) in [4.78, 5) is 121. The third-order valence-corrected chi connectivity index (χ3v) is 15.9. The fourth-order valence-electron chi connectivity index (χ4n) is 9.89. The third-order valence-electron chi connectivity index (χ3n) is 15.2. The topological polar surface area (TPSA) is 522 Å². The predicted octanol–water partition coefficient (Wildman–Crippen LogP) is 12.9. The van der Waals surface area contributed by atoms with Crippen LogP contribution in [0.4, 0.5) is 9.59 Å². The second kappa shape index (κ2) is 74.2. The van der Waals surface area contributed by atoms with Gasteiger partial charge in [0.25, 0.3) is 0 Å². The number of carbonyl (C=O) groups excluding carboxylic acids is 9. The summed E-state index contributed by atoms with van der Waals surface area (Å²) in [6.07, 6.45) is 9.05. The Morgan fingerprint density at radius 2 is 0.840 bits per heavy atom. The molecule has 1 unspecified atom stereocenters. The molecular weight excluding hydrogens is 1560 g/mol. The number of hydrogen-bond donors (Lipinski definition) is 11. The SMILES string of the molecule is C=C1CC(CC(C)C)CO1.CC(=O)[C@@H](CC(C)C)NS(C)(=O)=O.CC(=O)[C@H](N)CC(C)C.CC(=O)[C@H](N)CC(C)C.CC(C)C[C@@H](N)C(=O)NCCO.CC(C)C[C@@H](NC(=O)OC(C)(C)C)C(=O)O.CCOC(=O)[C@@H](CC(C)C)NC(=O)OC(C)(C)C.CCOC(=O)[C@@H](CC(C)C)[N+](=O)[O-].CCOC(=O)[C@H](N)CC(C)C.CC[C@H](N)CC(C)C. The minimum atomic E-state index is -3.28. The largest absolute Gasteiger partial charge is 0.498 e. The number of hydrogen-bond acceptors (Lipinski definition) is 26. The van der Waals surface area contributed by atoms with Crippen LogP contribution in [0.2, 0.25) is 0 Å². The molecule has 1 fully saturated rings. The standard InChI is InChI=1S/C13H25NO4.C11H21NO4.C9H16O.C8H18N2O2.C8H15NO4.C8H17NO3S.C8H17NO2.2C7H15NO.C7H17N/c1-7-17-11(15)10(8-9(2)3)14-12(16)18-13(4,5)6;1-7(2)6-8(9(13)14)12-10(15)16-11(3,4)5;1-7(2)4-9-5-8(3)10-6-9;1-6(2)5-7(9)8(12)10-3-4-11;1-4-13-8(10)7(9(11)12)5-6(2)3;1-6(2)5-8(7(3)10)9-13(4,11)12;1-4-11-8(10)7(9)5-6(2)3;2*1-5(2)4-7(8)6(3)9;1-4-7(8)5-6(2)3/h9-10H,7-8H2,1-6H3,(H,14,16);7-8H,6H2,1-5H3,(H,12,15)(H,13,14);7,9H,3-6H2,1-2H3;6-7,11H,3-5,9H2,1-2H3,(H,10,12);6-7H,4-5H2,1-3H3;6,8-9H,5H2,1-4H3;6-7H,4-5,9H2,1-3H3;2*5,7H,4,8H2,1-3H3;6-7H,4-5,8H2,1-3H3/t10-;8-;;2*7-;8-;4*7-/m11.1111110/s1. The molecule has 1 saturated heterocycles. The van der Waals surface area contributed by atoms with E-state index in [0.29, 0.717) is 80.9 Å². The van der Waals surface area contributed by atoms with E-state index in [1.54, 1.807) is 62.3 Å². The summed E-state index contributed by atoms with van der Waals surface area (Å²) in [5.41, 5.74) is 26.5. The second-order valence-electron chi connectivity index (χ2n) is 35.9. The Bertz CT molecular complexity index is 2820. The highest BCUT2D eigenvalue weighted by Crippen LogP contribution is 2.27. The summed E-state index contributed by atoms with van der Waals surface area (Å²) >= 11 is 0. The first-order chi connectivity index (χ1) is 54.0. The molecule has 708 valence electrons. The molecule has 0 saturated carbocycles. The van der Waals surface area contributed by atoms with Crippen molar-refractivity contribution >= 4 is 69.3 Å². The normalized spacial score (nSPS) is 14.5. The molecule has 32 nitrogen and oxygen atoms in total. The summed E-state index contributed by atoms with van der Waals surface area (Å²) < 4.78 is 53.7. The number of nitro groups is 1. The summed E-state index contributed by atoms with van der Waals surface area (Å²) in [6.45, 7) is 68.6. The zero-order valence-electron chi connectivity index (χ0n) is 80.3. The predicted molar refractivity (Wildman–Crippen MR) is 476 cm³/mol. The van der Waals surface area contributed by atoms with Gasteiger partial charge in [0.1, 0.15) is 46.7 Å². The Labute approximate surface area is 719 Å². The van der Waals surface area contributed by atoms with Gasteiger partial charge in [-0.15, -0.1) is 0 Å². The number of nitrogens with two attached hydrogens (primary N) is 5. The van der Waals surface area contributed by atoms with Gasteiger partial charge in [-0.2, -0.15) is 0 Å². The van der Waals surface area contributed by atoms with Gasteiger partial charge in [0.2, 0.25) is 15.9 Å². The molecule has 119 heavy (non-hydrogen) atoms. The summed E-state index contributed by atoms with van der Waals surface area (Å²) in [7, 11) is -3.28. The van der Waals surface area contributed by atoms with Crippen LogP contribution in [0.15, 0.2) is 12.3 Å². The van der Waals surface area contributed by atoms with E-state index in [1.165, 1.54) is 27.2 Å². The molecule has 0 bridgehead atoms. The van der Waals surface area contributed by atoms with Crippen molar-refractivity contribution in [2.75, 3.05) is 45.8 Å². The van der Waals surface area contributed by atoms with Crippen molar-refractivity contribution in [3.05, 3.63) is 22.5 Å². The third kappa shape index (κ3) is 98.5. The van der Waals surface area contributed by atoms with Crippen LogP contribution in [-0.4, -0.2) is 194 Å². The van der Waals surface area contributed by atoms with E-state index in [-0.39, 0.29) is 85.2 Å². The van der Waals surface area contributed by atoms with Gasteiger partial charge in [-0.1, -0.05) is 152 Å². The quantitative estimate of drug-likeness (QED) is 0.0118. The van der Waals surface area contributed by atoms with Crippen LogP contribution in [-0.2, 0) is 76.8 Å². The summed E-state index contributed by atoms with van der Waals surface area (Å²) in [5.74, 6) is 3.39. The zero-order valence-corrected chi connectivity index (χ0v) is 81.1. The number of esters is 3. The van der Waals surface area contributed by atoms with Crippen LogP contribution < -0.4 is 49.3 Å². The molecule has 0 aromatic heterocycles. The Morgan fingerprint density at radius 3 is 1.11 bits per heavy atom. The van der Waals surface area contributed by atoms with Crippen LogP contribution in [0.5, 0.6) is 0 Å². The zero-order chi connectivity index (χ0) is 95.8. The molecule has 1 aliphatic rings. The van der Waals surface area contributed by atoms with Crippen molar-refractivity contribution in [2.45, 2.75) is 371 Å². The maximum Gasteiger partial charge on any atom is 0.408 e. The Hall–Kier alpha value is -6.49. The van der Waals surface area contributed by atoms with Crippen LogP contribution in [0, 0.1) is 75.2 Å². The number of nitrogens with one attached hydrogen (secondary N) is 4. The second-order valence-corrected chi connectivity index (χ2v) is 37.7. The van der Waals surface area contributed by atoms with E-state index in [0.717, 1.165) is 68.5 Å². The van der Waals surface area contributed by atoms with Gasteiger partial charge in [0.15, 0.2) is 0 Å². The van der Waals surface area contributed by atoms with Gasteiger partial charge >= 0.3 is 42.1 Å². The lowest BCUT2D eigenvalue weighted by Gasteiger charge is -2.23. The van der Waals surface area contributed by atoms with Crippen molar-refractivity contribution in [3.8, 4) is 0 Å². The number of carboxylic acids is 1. The number of carboxylic acid groups (broad SMARTS) is 1. The fraction of sp³-hybridized carbons (Fsp3) is 0.860. The van der Waals surface area contributed by atoms with Gasteiger partial charge < -0.3 is 83.3 Å². The highest BCUT2D eigenvalue weighted by molar-refractivity contribution is 7.88. The molecule has 16 N–H and O–H groups in total. The number of ketones is 3. The molecule has 10 atom stereocenters. The van der Waals surface area contributed by atoms with E-state index in [9.17, 15) is 66.5 Å². The fourth-order valence-corrected chi connectivity index (χ4v) is 10.7. The molecule has 0 radical (unpaired) electrons. The molecule has 3 amide bonds. The van der Waals surface area contributed by atoms with Gasteiger partial charge in [0.05, 0.1) is 69.2 Å².